The van der Waals surface area contributed by atoms with Crippen LogP contribution < -0.4 is 5.73 Å². The highest BCUT2D eigenvalue weighted by Gasteiger charge is 2.31. The number of hydrogen-bond acceptors (Lipinski definition) is 2. The van der Waals surface area contributed by atoms with Crippen molar-refractivity contribution in [1.82, 2.24) is 9.47 Å². The molecule has 2 aliphatic rings. The summed E-state index contributed by atoms with van der Waals surface area (Å²) >= 11 is 3.45. The lowest BCUT2D eigenvalue weighted by atomic mass is 10.3. The SMILES string of the molecule is N[C@H]1CCN(C(=O)c2cc(Br)cn2C2CC2)C1. The molecule has 1 amide bonds. The van der Waals surface area contributed by atoms with E-state index in [4.69, 9.17) is 5.73 Å². The molecular weight excluding hydrogens is 282 g/mol. The third-order valence-corrected chi connectivity index (χ3v) is 3.92. The van der Waals surface area contributed by atoms with E-state index in [1.807, 2.05) is 17.2 Å². The van der Waals surface area contributed by atoms with Crippen molar-refractivity contribution in [3.05, 3.63) is 22.4 Å². The Morgan fingerprint density at radius 3 is 2.76 bits per heavy atom. The van der Waals surface area contributed by atoms with Gasteiger partial charge in [0.1, 0.15) is 5.69 Å². The van der Waals surface area contributed by atoms with Crippen LogP contribution in [0.5, 0.6) is 0 Å². The van der Waals surface area contributed by atoms with E-state index in [1.54, 1.807) is 0 Å². The monoisotopic (exact) mass is 297 g/mol. The molecule has 0 spiro atoms. The average Bonchev–Trinajstić information content (AvgIpc) is 2.94. The summed E-state index contributed by atoms with van der Waals surface area (Å²) in [4.78, 5) is 14.3. The third-order valence-electron chi connectivity index (χ3n) is 3.49. The predicted molar refractivity (Wildman–Crippen MR) is 68.9 cm³/mol. The summed E-state index contributed by atoms with van der Waals surface area (Å²) in [6.45, 7) is 1.47. The van der Waals surface area contributed by atoms with E-state index < -0.39 is 0 Å². The summed E-state index contributed by atoms with van der Waals surface area (Å²) in [5, 5.41) is 0. The van der Waals surface area contributed by atoms with Crippen LogP contribution in [0.3, 0.4) is 0 Å². The fourth-order valence-corrected chi connectivity index (χ4v) is 2.84. The van der Waals surface area contributed by atoms with Gasteiger partial charge >= 0.3 is 0 Å². The Hall–Kier alpha value is -0.810. The highest BCUT2D eigenvalue weighted by Crippen LogP contribution is 2.37. The van der Waals surface area contributed by atoms with Crippen LogP contribution in [-0.2, 0) is 0 Å². The predicted octanol–water partition coefficient (Wildman–Crippen LogP) is 1.76. The number of halogens is 1. The number of rotatable bonds is 2. The number of carbonyl (C=O) groups excluding carboxylic acids is 1. The molecule has 2 N–H and O–H groups in total. The highest BCUT2D eigenvalue weighted by atomic mass is 79.9. The molecule has 1 aliphatic heterocycles. The van der Waals surface area contributed by atoms with E-state index in [2.05, 4.69) is 20.5 Å². The van der Waals surface area contributed by atoms with Gasteiger partial charge in [0, 0.05) is 35.8 Å². The number of amides is 1. The van der Waals surface area contributed by atoms with Gasteiger partial charge in [-0.3, -0.25) is 4.79 Å². The first-order valence-corrected chi connectivity index (χ1v) is 6.86. The molecule has 0 unspecified atom stereocenters. The molecule has 1 atom stereocenters. The van der Waals surface area contributed by atoms with E-state index >= 15 is 0 Å². The van der Waals surface area contributed by atoms with Gasteiger partial charge in [-0.2, -0.15) is 0 Å². The quantitative estimate of drug-likeness (QED) is 0.904. The zero-order chi connectivity index (χ0) is 12.0. The summed E-state index contributed by atoms with van der Waals surface area (Å²) in [5.41, 5.74) is 6.65. The van der Waals surface area contributed by atoms with Crippen LogP contribution in [0.25, 0.3) is 0 Å². The molecule has 2 heterocycles. The number of likely N-dealkylation sites (tertiary alicyclic amines) is 1. The van der Waals surface area contributed by atoms with E-state index in [-0.39, 0.29) is 11.9 Å². The van der Waals surface area contributed by atoms with Crippen molar-refractivity contribution in [1.29, 1.82) is 0 Å². The third kappa shape index (κ3) is 2.13. The van der Waals surface area contributed by atoms with Gasteiger partial charge in [0.2, 0.25) is 0 Å². The lowest BCUT2D eigenvalue weighted by Crippen LogP contribution is -2.33. The van der Waals surface area contributed by atoms with Crippen LogP contribution in [-0.4, -0.2) is 34.5 Å². The second kappa shape index (κ2) is 4.14. The van der Waals surface area contributed by atoms with Gasteiger partial charge < -0.3 is 15.2 Å². The Morgan fingerprint density at radius 1 is 1.41 bits per heavy atom. The van der Waals surface area contributed by atoms with Crippen LogP contribution >= 0.6 is 15.9 Å². The molecule has 2 fully saturated rings. The second-order valence-corrected chi connectivity index (χ2v) is 5.90. The van der Waals surface area contributed by atoms with Gasteiger partial charge in [0.05, 0.1) is 0 Å². The molecule has 92 valence electrons. The summed E-state index contributed by atoms with van der Waals surface area (Å²) in [7, 11) is 0. The van der Waals surface area contributed by atoms with Gasteiger partial charge in [-0.05, 0) is 41.3 Å². The lowest BCUT2D eigenvalue weighted by Gasteiger charge is -2.17. The smallest absolute Gasteiger partial charge is 0.270 e. The standard InChI is InChI=1S/C12H16BrN3O/c13-8-5-11(16(6-8)10-1-2-10)12(17)15-4-3-9(14)7-15/h5-6,9-10H,1-4,7,14H2/t9-/m0/s1. The van der Waals surface area contributed by atoms with Gasteiger partial charge in [-0.1, -0.05) is 0 Å². The fraction of sp³-hybridized carbons (Fsp3) is 0.583. The summed E-state index contributed by atoms with van der Waals surface area (Å²) in [6, 6.07) is 2.59. The van der Waals surface area contributed by atoms with Crippen molar-refractivity contribution >= 4 is 21.8 Å². The zero-order valence-corrected chi connectivity index (χ0v) is 11.2. The molecule has 4 nitrogen and oxygen atoms in total. The molecule has 0 aromatic carbocycles. The van der Waals surface area contributed by atoms with E-state index in [0.717, 1.165) is 23.1 Å². The van der Waals surface area contributed by atoms with Gasteiger partial charge in [0.25, 0.3) is 5.91 Å². The number of carbonyl (C=O) groups is 1. The van der Waals surface area contributed by atoms with Crippen LogP contribution in [0.15, 0.2) is 16.7 Å². The Morgan fingerprint density at radius 2 is 2.18 bits per heavy atom. The fourth-order valence-electron chi connectivity index (χ4n) is 2.41. The van der Waals surface area contributed by atoms with Crippen molar-refractivity contribution in [2.75, 3.05) is 13.1 Å². The first kappa shape index (κ1) is 11.3. The van der Waals surface area contributed by atoms with Gasteiger partial charge in [-0.15, -0.1) is 0 Å². The van der Waals surface area contributed by atoms with Crippen LogP contribution in [0.1, 0.15) is 35.8 Å². The normalized spacial score (nSPS) is 24.4. The maximum atomic E-state index is 12.4. The lowest BCUT2D eigenvalue weighted by molar-refractivity contribution is 0.0780. The number of nitrogens with zero attached hydrogens (tertiary/aromatic N) is 2. The molecule has 0 bridgehead atoms. The molecule has 1 aromatic heterocycles. The average molecular weight is 298 g/mol. The minimum Gasteiger partial charge on any atom is -0.339 e. The second-order valence-electron chi connectivity index (χ2n) is 4.98. The molecule has 1 saturated carbocycles. The van der Waals surface area contributed by atoms with Crippen molar-refractivity contribution in [3.63, 3.8) is 0 Å². The van der Waals surface area contributed by atoms with Gasteiger partial charge in [0.15, 0.2) is 0 Å². The number of hydrogen-bond donors (Lipinski definition) is 1. The molecule has 1 saturated heterocycles. The molecule has 5 heteroatoms. The highest BCUT2D eigenvalue weighted by molar-refractivity contribution is 9.10. The summed E-state index contributed by atoms with van der Waals surface area (Å²) < 4.78 is 3.09. The first-order valence-electron chi connectivity index (χ1n) is 6.07. The molecule has 17 heavy (non-hydrogen) atoms. The minimum atomic E-state index is 0.121. The first-order chi connectivity index (χ1) is 8.15. The minimum absolute atomic E-state index is 0.121. The largest absolute Gasteiger partial charge is 0.339 e. The Balaban J connectivity index is 1.85. The van der Waals surface area contributed by atoms with Crippen LogP contribution in [0.4, 0.5) is 0 Å². The molecular formula is C12H16BrN3O. The molecule has 1 aliphatic carbocycles. The summed E-state index contributed by atoms with van der Waals surface area (Å²) in [5.74, 6) is 0.121. The Kier molecular flexibility index (Phi) is 2.75. The van der Waals surface area contributed by atoms with Crippen molar-refractivity contribution in [2.24, 2.45) is 5.73 Å². The van der Waals surface area contributed by atoms with Crippen molar-refractivity contribution < 1.29 is 4.79 Å². The Bertz CT molecular complexity index is 453. The molecule has 0 radical (unpaired) electrons. The summed E-state index contributed by atoms with van der Waals surface area (Å²) in [6.07, 6.45) is 5.29. The van der Waals surface area contributed by atoms with Crippen molar-refractivity contribution in [2.45, 2.75) is 31.3 Å². The van der Waals surface area contributed by atoms with Crippen LogP contribution in [0.2, 0.25) is 0 Å². The maximum absolute atomic E-state index is 12.4. The van der Waals surface area contributed by atoms with Gasteiger partial charge in [-0.25, -0.2) is 0 Å². The number of nitrogens with two attached hydrogens (primary N) is 1. The van der Waals surface area contributed by atoms with E-state index in [0.29, 0.717) is 12.6 Å². The zero-order valence-electron chi connectivity index (χ0n) is 9.60. The van der Waals surface area contributed by atoms with Crippen molar-refractivity contribution in [3.8, 4) is 0 Å². The molecule has 1 aromatic rings. The topological polar surface area (TPSA) is 51.3 Å². The number of aromatic nitrogens is 1. The van der Waals surface area contributed by atoms with E-state index in [1.165, 1.54) is 12.8 Å². The molecule has 3 rings (SSSR count). The van der Waals surface area contributed by atoms with Crippen LogP contribution in [0, 0.1) is 0 Å². The maximum Gasteiger partial charge on any atom is 0.270 e. The Labute approximate surface area is 109 Å². The van der Waals surface area contributed by atoms with E-state index in [9.17, 15) is 4.79 Å².